The number of rotatable bonds is 0. The van der Waals surface area contributed by atoms with Crippen LogP contribution in [0.4, 0.5) is 26.3 Å². The van der Waals surface area contributed by atoms with Gasteiger partial charge in [-0.1, -0.05) is 6.07 Å². The van der Waals surface area contributed by atoms with E-state index < -0.39 is 29.4 Å². The van der Waals surface area contributed by atoms with Gasteiger partial charge in [-0.2, -0.15) is 13.2 Å². The summed E-state index contributed by atoms with van der Waals surface area (Å²) in [5.41, 5.74) is -2.65. The van der Waals surface area contributed by atoms with Crippen LogP contribution in [0.3, 0.4) is 0 Å². The molecule has 1 aromatic carbocycles. The van der Waals surface area contributed by atoms with Gasteiger partial charge < -0.3 is 0 Å². The van der Waals surface area contributed by atoms with Crippen LogP contribution in [0, 0.1) is 6.92 Å². The molecule has 0 unspecified atom stereocenters. The molecule has 1 heterocycles. The van der Waals surface area contributed by atoms with E-state index in [2.05, 4.69) is 4.98 Å². The molecule has 1 aromatic heterocycles. The summed E-state index contributed by atoms with van der Waals surface area (Å²) in [6.45, 7) is 1.01. The second kappa shape index (κ2) is 3.63. The molecular formula is C10H6F6N2. The fraction of sp³-hybridized carbons (Fsp3) is 0.300. The third-order valence-electron chi connectivity index (χ3n) is 2.40. The summed E-state index contributed by atoms with van der Waals surface area (Å²) in [4.78, 5) is 3.50. The van der Waals surface area contributed by atoms with Gasteiger partial charge in [0.2, 0.25) is 0 Å². The Balaban J connectivity index is 2.91. The highest BCUT2D eigenvalue weighted by molar-refractivity contribution is 5.80. The molecule has 0 fully saturated rings. The van der Waals surface area contributed by atoms with E-state index in [0.29, 0.717) is 6.07 Å². The summed E-state index contributed by atoms with van der Waals surface area (Å²) in [6, 6.07) is 2.74. The van der Waals surface area contributed by atoms with Crippen molar-refractivity contribution in [3.8, 4) is 0 Å². The molecule has 0 amide bonds. The van der Waals surface area contributed by atoms with Crippen LogP contribution in [-0.4, -0.2) is 9.55 Å². The maximum atomic E-state index is 12.7. The van der Waals surface area contributed by atoms with Crippen molar-refractivity contribution in [2.75, 3.05) is 0 Å². The number of aryl methyl sites for hydroxylation is 1. The van der Waals surface area contributed by atoms with Crippen LogP contribution in [0.2, 0.25) is 0 Å². The highest BCUT2D eigenvalue weighted by Crippen LogP contribution is 2.38. The molecule has 0 aliphatic rings. The Labute approximate surface area is 96.8 Å². The molecule has 98 valence electrons. The monoisotopic (exact) mass is 268 g/mol. The van der Waals surface area contributed by atoms with Gasteiger partial charge in [-0.15, -0.1) is 13.2 Å². The molecule has 8 heteroatoms. The molecule has 0 N–H and O–H groups in total. The molecule has 2 nitrogen and oxygen atoms in total. The first kappa shape index (κ1) is 12.7. The number of benzene rings is 1. The molecule has 0 radical (unpaired) electrons. The van der Waals surface area contributed by atoms with Crippen LogP contribution in [0.15, 0.2) is 18.2 Å². The van der Waals surface area contributed by atoms with E-state index in [1.54, 1.807) is 0 Å². The van der Waals surface area contributed by atoms with E-state index in [-0.39, 0.29) is 10.1 Å². The lowest BCUT2D eigenvalue weighted by atomic mass is 10.2. The SMILES string of the molecule is Cc1nc2cccc(C(F)(F)F)c2n1C(F)(F)F. The quantitative estimate of drug-likeness (QED) is 0.664. The number of fused-ring (bicyclic) bond motifs is 1. The lowest BCUT2D eigenvalue weighted by Crippen LogP contribution is -2.20. The van der Waals surface area contributed by atoms with Gasteiger partial charge in [0.25, 0.3) is 0 Å². The molecule has 0 atom stereocenters. The average molecular weight is 268 g/mol. The summed E-state index contributed by atoms with van der Waals surface area (Å²) < 4.78 is 75.9. The molecule has 0 aliphatic heterocycles. The third-order valence-corrected chi connectivity index (χ3v) is 2.40. The molecule has 2 aromatic rings. The van der Waals surface area contributed by atoms with E-state index in [4.69, 9.17) is 0 Å². The average Bonchev–Trinajstić information content (AvgIpc) is 2.50. The Kier molecular flexibility index (Phi) is 2.56. The van der Waals surface area contributed by atoms with Crippen molar-refractivity contribution < 1.29 is 26.3 Å². The standard InChI is InChI=1S/C10H6F6N2/c1-5-17-7-4-2-3-6(9(11,12)13)8(7)18(5)10(14,15)16/h2-4H,1H3. The summed E-state index contributed by atoms with van der Waals surface area (Å²) in [6.07, 6.45) is -9.81. The van der Waals surface area contributed by atoms with Crippen molar-refractivity contribution in [3.05, 3.63) is 29.6 Å². The third kappa shape index (κ3) is 1.91. The Bertz CT molecular complexity index is 593. The molecule has 0 saturated carbocycles. The molecule has 2 rings (SSSR count). The number of hydrogen-bond acceptors (Lipinski definition) is 1. The number of para-hydroxylation sites is 1. The Morgan fingerprint density at radius 2 is 1.67 bits per heavy atom. The van der Waals surface area contributed by atoms with Crippen LogP contribution >= 0.6 is 0 Å². The predicted octanol–water partition coefficient (Wildman–Crippen LogP) is 3.84. The second-order valence-corrected chi connectivity index (χ2v) is 3.63. The zero-order chi connectivity index (χ0) is 13.7. The van der Waals surface area contributed by atoms with E-state index in [9.17, 15) is 26.3 Å². The largest absolute Gasteiger partial charge is 0.490 e. The van der Waals surface area contributed by atoms with Gasteiger partial charge in [0, 0.05) is 0 Å². The molecule has 0 bridgehead atoms. The first-order valence-corrected chi connectivity index (χ1v) is 4.75. The van der Waals surface area contributed by atoms with Crippen LogP contribution in [0.5, 0.6) is 0 Å². The van der Waals surface area contributed by atoms with Crippen LogP contribution in [0.1, 0.15) is 11.4 Å². The van der Waals surface area contributed by atoms with Crippen LogP contribution < -0.4 is 0 Å². The molecule has 0 aliphatic carbocycles. The van der Waals surface area contributed by atoms with E-state index >= 15 is 0 Å². The molecule has 0 spiro atoms. The van der Waals surface area contributed by atoms with Gasteiger partial charge in [0.15, 0.2) is 0 Å². The second-order valence-electron chi connectivity index (χ2n) is 3.63. The summed E-state index contributed by atoms with van der Waals surface area (Å²) in [5.74, 6) is -0.533. The van der Waals surface area contributed by atoms with Crippen molar-refractivity contribution in [2.45, 2.75) is 19.4 Å². The lowest BCUT2D eigenvalue weighted by Gasteiger charge is -2.14. The predicted molar refractivity (Wildman–Crippen MR) is 50.8 cm³/mol. The van der Waals surface area contributed by atoms with Crippen molar-refractivity contribution in [1.82, 2.24) is 9.55 Å². The Morgan fingerprint density at radius 1 is 1.06 bits per heavy atom. The Morgan fingerprint density at radius 3 is 2.17 bits per heavy atom. The molecular weight excluding hydrogens is 262 g/mol. The highest BCUT2D eigenvalue weighted by Gasteiger charge is 2.40. The van der Waals surface area contributed by atoms with E-state index in [0.717, 1.165) is 19.1 Å². The first-order chi connectivity index (χ1) is 8.12. The Hall–Kier alpha value is -1.73. The number of imidazole rings is 1. The van der Waals surface area contributed by atoms with Crippen LogP contribution in [-0.2, 0) is 12.5 Å². The molecule has 0 saturated heterocycles. The summed E-state index contributed by atoms with van der Waals surface area (Å²) in [7, 11) is 0. The van der Waals surface area contributed by atoms with Gasteiger partial charge >= 0.3 is 12.5 Å². The van der Waals surface area contributed by atoms with E-state index in [1.807, 2.05) is 0 Å². The highest BCUT2D eigenvalue weighted by atomic mass is 19.4. The number of hydrogen-bond donors (Lipinski definition) is 0. The van der Waals surface area contributed by atoms with Crippen molar-refractivity contribution in [1.29, 1.82) is 0 Å². The zero-order valence-electron chi connectivity index (χ0n) is 8.89. The van der Waals surface area contributed by atoms with Crippen molar-refractivity contribution in [2.24, 2.45) is 0 Å². The maximum absolute atomic E-state index is 12.7. The first-order valence-electron chi connectivity index (χ1n) is 4.75. The number of halogens is 6. The fourth-order valence-corrected chi connectivity index (χ4v) is 1.78. The van der Waals surface area contributed by atoms with Crippen LogP contribution in [0.25, 0.3) is 11.0 Å². The normalized spacial score (nSPS) is 13.3. The minimum absolute atomic E-state index is 0.334. The van der Waals surface area contributed by atoms with Crippen molar-refractivity contribution >= 4 is 11.0 Å². The summed E-state index contributed by atoms with van der Waals surface area (Å²) in [5, 5.41) is 0. The van der Waals surface area contributed by atoms with E-state index in [1.165, 1.54) is 0 Å². The summed E-state index contributed by atoms with van der Waals surface area (Å²) >= 11 is 0. The topological polar surface area (TPSA) is 17.8 Å². The number of nitrogens with zero attached hydrogens (tertiary/aromatic N) is 2. The van der Waals surface area contributed by atoms with Gasteiger partial charge in [-0.25, -0.2) is 9.55 Å². The smallest absolute Gasteiger partial charge is 0.237 e. The van der Waals surface area contributed by atoms with Gasteiger partial charge in [-0.3, -0.25) is 0 Å². The number of aromatic nitrogens is 2. The molecule has 18 heavy (non-hydrogen) atoms. The maximum Gasteiger partial charge on any atom is 0.490 e. The van der Waals surface area contributed by atoms with Gasteiger partial charge in [0.05, 0.1) is 16.6 Å². The van der Waals surface area contributed by atoms with Crippen molar-refractivity contribution in [3.63, 3.8) is 0 Å². The number of alkyl halides is 6. The zero-order valence-corrected chi connectivity index (χ0v) is 8.89. The minimum atomic E-state index is -4.94. The fourth-order valence-electron chi connectivity index (χ4n) is 1.78. The lowest BCUT2D eigenvalue weighted by molar-refractivity contribution is -0.202. The minimum Gasteiger partial charge on any atom is -0.237 e. The van der Waals surface area contributed by atoms with Gasteiger partial charge in [-0.05, 0) is 19.1 Å². The van der Waals surface area contributed by atoms with Gasteiger partial charge in [0.1, 0.15) is 5.82 Å².